The minimum Gasteiger partial charge on any atom is -0.370 e. The summed E-state index contributed by atoms with van der Waals surface area (Å²) in [4.78, 5) is 93.7. The Morgan fingerprint density at radius 3 is 1.54 bits per heavy atom. The number of carbonyl (C=O) groups excluding carboxylic acids is 7. The van der Waals surface area contributed by atoms with Gasteiger partial charge in [-0.15, -0.1) is 0 Å². The Kier molecular flexibility index (Phi) is 20.4. The molecule has 0 saturated carbocycles. The highest BCUT2D eigenvalue weighted by molar-refractivity contribution is 5.96. The van der Waals surface area contributed by atoms with Crippen molar-refractivity contribution in [1.82, 2.24) is 31.9 Å². The maximum Gasteiger partial charge on any atom is 0.243 e. The van der Waals surface area contributed by atoms with E-state index >= 15 is 0 Å². The van der Waals surface area contributed by atoms with Gasteiger partial charge in [-0.3, -0.25) is 33.6 Å². The van der Waals surface area contributed by atoms with Crippen LogP contribution in [0.4, 0.5) is 0 Å². The number of hydrogen-bond donors (Lipinski definition) is 9. The number of benzene rings is 5. The number of fused-ring (bicyclic) bond motifs is 1. The van der Waals surface area contributed by atoms with Crippen molar-refractivity contribution in [3.63, 3.8) is 0 Å². The fourth-order valence-corrected chi connectivity index (χ4v) is 7.95. The maximum atomic E-state index is 14.4. The highest BCUT2D eigenvalue weighted by Gasteiger charge is 2.32. The summed E-state index contributed by atoms with van der Waals surface area (Å²) in [7, 11) is 0. The number of hydrogen-bond acceptors (Lipinski definition) is 9. The van der Waals surface area contributed by atoms with Crippen LogP contribution in [0.25, 0.3) is 10.8 Å². The first-order valence-electron chi connectivity index (χ1n) is 23.3. The smallest absolute Gasteiger partial charge is 0.243 e. The van der Waals surface area contributed by atoms with Crippen LogP contribution in [0.5, 0.6) is 0 Å². The molecule has 5 rings (SSSR count). The van der Waals surface area contributed by atoms with E-state index in [4.69, 9.17) is 17.2 Å². The van der Waals surface area contributed by atoms with Gasteiger partial charge >= 0.3 is 0 Å². The summed E-state index contributed by atoms with van der Waals surface area (Å²) < 4.78 is 0. The topological polar surface area (TPSA) is 270 Å². The Balaban J connectivity index is 1.28. The summed E-state index contributed by atoms with van der Waals surface area (Å²) in [6.45, 7) is 3.82. The minimum atomic E-state index is -1.30. The molecule has 364 valence electrons. The number of carbonyl (C=O) groups is 7. The molecule has 0 saturated heterocycles. The average Bonchev–Trinajstić information content (AvgIpc) is 3.33. The molecule has 0 aromatic heterocycles. The summed E-state index contributed by atoms with van der Waals surface area (Å²) in [5, 5.41) is 19.0. The molecule has 6 atom stereocenters. The molecule has 0 bridgehead atoms. The molecule has 5 aromatic carbocycles. The van der Waals surface area contributed by atoms with Crippen LogP contribution < -0.4 is 49.1 Å². The molecule has 0 unspecified atom stereocenters. The summed E-state index contributed by atoms with van der Waals surface area (Å²) in [5.41, 5.74) is 20.7. The Morgan fingerprint density at radius 1 is 0.507 bits per heavy atom. The first kappa shape index (κ1) is 52.5. The van der Waals surface area contributed by atoms with E-state index in [-0.39, 0.29) is 44.6 Å². The second-order valence-corrected chi connectivity index (χ2v) is 17.7. The zero-order chi connectivity index (χ0) is 49.7. The molecule has 16 nitrogen and oxygen atoms in total. The van der Waals surface area contributed by atoms with Crippen molar-refractivity contribution in [3.8, 4) is 0 Å². The molecule has 5 aromatic rings. The lowest BCUT2D eigenvalue weighted by molar-refractivity contribution is -0.134. The first-order valence-corrected chi connectivity index (χ1v) is 23.3. The van der Waals surface area contributed by atoms with Crippen LogP contribution in [0, 0.1) is 5.92 Å². The van der Waals surface area contributed by atoms with E-state index in [1.54, 1.807) is 54.6 Å². The molecular formula is C53H65N9O7. The first-order chi connectivity index (χ1) is 33.1. The monoisotopic (exact) mass is 940 g/mol. The second kappa shape index (κ2) is 26.8. The molecule has 0 fully saturated rings. The zero-order valence-electron chi connectivity index (χ0n) is 39.2. The van der Waals surface area contributed by atoms with E-state index in [0.717, 1.165) is 21.9 Å². The third-order valence-corrected chi connectivity index (χ3v) is 11.5. The molecule has 0 heterocycles. The quantitative estimate of drug-likeness (QED) is 0.0373. The third-order valence-electron chi connectivity index (χ3n) is 11.5. The van der Waals surface area contributed by atoms with Gasteiger partial charge in [-0.25, -0.2) is 0 Å². The zero-order valence-corrected chi connectivity index (χ0v) is 39.2. The Morgan fingerprint density at radius 2 is 1.00 bits per heavy atom. The Labute approximate surface area is 403 Å². The summed E-state index contributed by atoms with van der Waals surface area (Å²) in [5.74, 6) is -4.34. The lowest BCUT2D eigenvalue weighted by Crippen LogP contribution is -2.59. The van der Waals surface area contributed by atoms with Gasteiger partial charge < -0.3 is 49.1 Å². The van der Waals surface area contributed by atoms with Gasteiger partial charge in [-0.1, -0.05) is 147 Å². The van der Waals surface area contributed by atoms with Crippen molar-refractivity contribution < 1.29 is 33.6 Å². The second-order valence-electron chi connectivity index (χ2n) is 17.7. The van der Waals surface area contributed by atoms with Crippen LogP contribution in [0.1, 0.15) is 55.4 Å². The van der Waals surface area contributed by atoms with Gasteiger partial charge in [0.15, 0.2) is 0 Å². The standard InChI is InChI=1S/C53H65N9O7/c1-34(2)26-41(32-57-44(49(56)65)29-35-14-6-3-7-15-35)59-48(64)33-58-51(67)45(30-36-16-8-4-9-17-36)61-53(69)46(31-37-18-10-5-11-19-37)62-52(68)43(24-25-47(55)63)60-50(66)42(54)28-38-22-23-39-20-12-13-21-40(39)27-38/h3-23,27,34,41-46,57H,24-26,28-33,54H2,1-2H3,(H2,55,63)(H2,56,65)(H,58,67)(H,59,64)(H,60,66)(H,61,69)(H,62,68)/t41-,42+,43-,44-,45-,46-/m0/s1. The lowest BCUT2D eigenvalue weighted by atomic mass is 10.0. The molecule has 0 radical (unpaired) electrons. The van der Waals surface area contributed by atoms with Gasteiger partial charge in [0.1, 0.15) is 18.1 Å². The number of nitrogens with one attached hydrogen (secondary N) is 6. The van der Waals surface area contributed by atoms with Crippen molar-refractivity contribution >= 4 is 52.1 Å². The number of nitrogens with two attached hydrogens (primary N) is 3. The maximum absolute atomic E-state index is 14.4. The molecule has 0 aliphatic heterocycles. The fourth-order valence-electron chi connectivity index (χ4n) is 7.95. The summed E-state index contributed by atoms with van der Waals surface area (Å²) >= 11 is 0. The molecule has 12 N–H and O–H groups in total. The molecule has 69 heavy (non-hydrogen) atoms. The molecule has 0 aliphatic rings. The van der Waals surface area contributed by atoms with Crippen molar-refractivity contribution in [2.75, 3.05) is 13.1 Å². The van der Waals surface area contributed by atoms with E-state index in [2.05, 4.69) is 31.9 Å². The number of amides is 7. The summed E-state index contributed by atoms with van der Waals surface area (Å²) in [6.07, 6.45) is 0.694. The van der Waals surface area contributed by atoms with Crippen LogP contribution in [-0.2, 0) is 59.2 Å². The van der Waals surface area contributed by atoms with Gasteiger partial charge in [0.2, 0.25) is 41.4 Å². The van der Waals surface area contributed by atoms with E-state index in [0.29, 0.717) is 24.0 Å². The largest absolute Gasteiger partial charge is 0.370 e. The lowest BCUT2D eigenvalue weighted by Gasteiger charge is -2.26. The number of primary amides is 2. The van der Waals surface area contributed by atoms with E-state index < -0.39 is 84.1 Å². The van der Waals surface area contributed by atoms with E-state index in [1.807, 2.05) is 92.7 Å². The van der Waals surface area contributed by atoms with Crippen LogP contribution in [-0.4, -0.2) is 90.7 Å². The number of rotatable bonds is 27. The van der Waals surface area contributed by atoms with Gasteiger partial charge in [0, 0.05) is 31.8 Å². The molecule has 0 aliphatic carbocycles. The van der Waals surface area contributed by atoms with Crippen LogP contribution in [0.2, 0.25) is 0 Å². The summed E-state index contributed by atoms with van der Waals surface area (Å²) in [6, 6.07) is 34.9. The van der Waals surface area contributed by atoms with Gasteiger partial charge in [0.05, 0.1) is 18.6 Å². The highest BCUT2D eigenvalue weighted by atomic mass is 16.2. The predicted molar refractivity (Wildman–Crippen MR) is 266 cm³/mol. The SMILES string of the molecule is CC(C)C[C@@H](CN[C@@H](Cc1ccccc1)C(N)=O)NC(=O)CNC(=O)[C@H](Cc1ccccc1)NC(=O)[C@H](Cc1ccccc1)NC(=O)[C@H](CCC(N)=O)NC(=O)[C@H](N)Cc1ccc2ccccc2c1. The molecular weight excluding hydrogens is 875 g/mol. The fraction of sp³-hybridized carbons (Fsp3) is 0.340. The molecule has 16 heteroatoms. The molecule has 7 amide bonds. The highest BCUT2D eigenvalue weighted by Crippen LogP contribution is 2.17. The van der Waals surface area contributed by atoms with E-state index in [1.165, 1.54) is 0 Å². The Hall–Kier alpha value is -7.43. The van der Waals surface area contributed by atoms with Gasteiger partial charge in [-0.05, 0) is 64.6 Å². The predicted octanol–water partition coefficient (Wildman–Crippen LogP) is 2.25. The van der Waals surface area contributed by atoms with Crippen molar-refractivity contribution in [2.45, 2.75) is 95.0 Å². The van der Waals surface area contributed by atoms with Crippen molar-refractivity contribution in [3.05, 3.63) is 156 Å². The third kappa shape index (κ3) is 18.0. The minimum absolute atomic E-state index is 0.00824. The van der Waals surface area contributed by atoms with Crippen LogP contribution in [0.15, 0.2) is 133 Å². The Bertz CT molecular complexity index is 2490. The van der Waals surface area contributed by atoms with Crippen LogP contribution >= 0.6 is 0 Å². The van der Waals surface area contributed by atoms with Gasteiger partial charge in [0.25, 0.3) is 0 Å². The average molecular weight is 940 g/mol. The van der Waals surface area contributed by atoms with E-state index in [9.17, 15) is 33.6 Å². The van der Waals surface area contributed by atoms with Crippen LogP contribution in [0.3, 0.4) is 0 Å². The van der Waals surface area contributed by atoms with Gasteiger partial charge in [-0.2, -0.15) is 0 Å². The normalized spacial score (nSPS) is 13.7. The van der Waals surface area contributed by atoms with Crippen molar-refractivity contribution in [1.29, 1.82) is 0 Å². The molecule has 0 spiro atoms. The van der Waals surface area contributed by atoms with Crippen molar-refractivity contribution in [2.24, 2.45) is 23.1 Å².